The number of hydrogen-bond acceptors (Lipinski definition) is 6. The molecule has 0 saturated carbocycles. The van der Waals surface area contributed by atoms with Crippen molar-refractivity contribution in [3.05, 3.63) is 23.8 Å². The second kappa shape index (κ2) is 5.72. The summed E-state index contributed by atoms with van der Waals surface area (Å²) in [5, 5.41) is 0. The maximum Gasteiger partial charge on any atom is 0.337 e. The van der Waals surface area contributed by atoms with Crippen LogP contribution in [0.25, 0.3) is 0 Å². The van der Waals surface area contributed by atoms with E-state index in [-0.39, 0.29) is 11.5 Å². The molecule has 0 atom stereocenters. The van der Waals surface area contributed by atoms with Gasteiger partial charge in [-0.15, -0.1) is 0 Å². The van der Waals surface area contributed by atoms with Gasteiger partial charge in [-0.05, 0) is 18.2 Å². The van der Waals surface area contributed by atoms with E-state index < -0.39 is 21.7 Å². The lowest BCUT2D eigenvalue weighted by molar-refractivity contribution is 0.0600. The van der Waals surface area contributed by atoms with Crippen LogP contribution in [0.1, 0.15) is 10.4 Å². The highest BCUT2D eigenvalue weighted by atomic mass is 32.2. The summed E-state index contributed by atoms with van der Waals surface area (Å²) in [5.74, 6) is -0.457. The summed E-state index contributed by atoms with van der Waals surface area (Å²) in [6.45, 7) is 0. The lowest BCUT2D eigenvalue weighted by atomic mass is 10.2. The summed E-state index contributed by atoms with van der Waals surface area (Å²) in [6.07, 6.45) is 1.06. The number of hydrogen-bond donors (Lipinski definition) is 0. The second-order valence-corrected chi connectivity index (χ2v) is 5.63. The van der Waals surface area contributed by atoms with E-state index in [0.29, 0.717) is 5.56 Å². The van der Waals surface area contributed by atoms with Gasteiger partial charge >= 0.3 is 5.97 Å². The van der Waals surface area contributed by atoms with Crippen LogP contribution in [0.4, 0.5) is 0 Å². The zero-order valence-corrected chi connectivity index (χ0v) is 11.1. The van der Waals surface area contributed by atoms with Crippen molar-refractivity contribution in [2.45, 2.75) is 0 Å². The minimum absolute atomic E-state index is 0.246. The van der Waals surface area contributed by atoms with Crippen LogP contribution in [0.5, 0.6) is 11.5 Å². The largest absolute Gasteiger partial charge is 0.493 e. The third kappa shape index (κ3) is 3.92. The molecular weight excluding hydrogens is 260 g/mol. The van der Waals surface area contributed by atoms with E-state index in [2.05, 4.69) is 4.74 Å². The molecule has 100 valence electrons. The molecule has 0 saturated heterocycles. The van der Waals surface area contributed by atoms with Crippen molar-refractivity contribution in [3.63, 3.8) is 0 Å². The highest BCUT2D eigenvalue weighted by Crippen LogP contribution is 2.28. The molecule has 0 fully saturated rings. The molecule has 0 N–H and O–H groups in total. The van der Waals surface area contributed by atoms with Gasteiger partial charge in [0.15, 0.2) is 27.3 Å². The number of benzene rings is 1. The maximum absolute atomic E-state index is 11.3. The summed E-state index contributed by atoms with van der Waals surface area (Å²) in [4.78, 5) is 11.3. The molecule has 0 aliphatic carbocycles. The molecule has 0 unspecified atom stereocenters. The quantitative estimate of drug-likeness (QED) is 0.741. The molecule has 0 aliphatic rings. The fraction of sp³-hybridized carbons (Fsp3) is 0.364. The Morgan fingerprint density at radius 1 is 1.22 bits per heavy atom. The molecule has 7 heteroatoms. The van der Waals surface area contributed by atoms with Crippen LogP contribution in [0.3, 0.4) is 0 Å². The predicted octanol–water partition coefficient (Wildman–Crippen LogP) is 0.863. The van der Waals surface area contributed by atoms with E-state index >= 15 is 0 Å². The van der Waals surface area contributed by atoms with Crippen molar-refractivity contribution in [1.82, 2.24) is 0 Å². The molecular formula is C11H14O6S. The molecule has 0 radical (unpaired) electrons. The van der Waals surface area contributed by atoms with Crippen molar-refractivity contribution in [2.75, 3.05) is 26.4 Å². The topological polar surface area (TPSA) is 78.9 Å². The van der Waals surface area contributed by atoms with E-state index in [1.165, 1.54) is 32.4 Å². The summed E-state index contributed by atoms with van der Waals surface area (Å²) < 4.78 is 36.6. The molecule has 1 aromatic rings. The fourth-order valence-corrected chi connectivity index (χ4v) is 1.54. The van der Waals surface area contributed by atoms with Gasteiger partial charge < -0.3 is 14.2 Å². The van der Waals surface area contributed by atoms with Crippen molar-refractivity contribution in [1.29, 1.82) is 0 Å². The van der Waals surface area contributed by atoms with Gasteiger partial charge in [0.2, 0.25) is 0 Å². The van der Waals surface area contributed by atoms with Crippen LogP contribution >= 0.6 is 0 Å². The Morgan fingerprint density at radius 2 is 1.89 bits per heavy atom. The second-order valence-electron chi connectivity index (χ2n) is 3.55. The minimum atomic E-state index is -3.25. The molecule has 0 aromatic heterocycles. The van der Waals surface area contributed by atoms with Crippen molar-refractivity contribution >= 4 is 15.8 Å². The SMILES string of the molecule is COC(=O)c1ccc(OCS(C)(=O)=O)c(OC)c1. The number of rotatable bonds is 5. The van der Waals surface area contributed by atoms with Crippen LogP contribution in [0, 0.1) is 0 Å². The van der Waals surface area contributed by atoms with Crippen LogP contribution in [0.2, 0.25) is 0 Å². The van der Waals surface area contributed by atoms with Gasteiger partial charge in [0.1, 0.15) is 0 Å². The van der Waals surface area contributed by atoms with Gasteiger partial charge in [-0.1, -0.05) is 0 Å². The smallest absolute Gasteiger partial charge is 0.337 e. The Bertz CT molecular complexity index is 534. The van der Waals surface area contributed by atoms with Gasteiger partial charge in [-0.2, -0.15) is 0 Å². The van der Waals surface area contributed by atoms with Gasteiger partial charge in [0, 0.05) is 6.26 Å². The molecule has 0 bridgehead atoms. The minimum Gasteiger partial charge on any atom is -0.493 e. The standard InChI is InChI=1S/C11H14O6S/c1-15-10-6-8(11(12)16-2)4-5-9(10)17-7-18(3,13)14/h4-6H,7H2,1-3H3. The first kappa shape index (κ1) is 14.3. The molecule has 1 rings (SSSR count). The van der Waals surface area contributed by atoms with Crippen LogP contribution in [-0.4, -0.2) is 40.8 Å². The third-order valence-electron chi connectivity index (χ3n) is 2.01. The zero-order valence-electron chi connectivity index (χ0n) is 10.3. The summed E-state index contributed by atoms with van der Waals surface area (Å²) in [6, 6.07) is 4.34. The van der Waals surface area contributed by atoms with Crippen molar-refractivity contribution in [3.8, 4) is 11.5 Å². The summed E-state index contributed by atoms with van der Waals surface area (Å²) >= 11 is 0. The van der Waals surface area contributed by atoms with Crippen molar-refractivity contribution in [2.24, 2.45) is 0 Å². The van der Waals surface area contributed by atoms with E-state index in [1.807, 2.05) is 0 Å². The third-order valence-corrected chi connectivity index (χ3v) is 2.56. The van der Waals surface area contributed by atoms with Crippen molar-refractivity contribution < 1.29 is 27.4 Å². The van der Waals surface area contributed by atoms with E-state index in [9.17, 15) is 13.2 Å². The molecule has 0 heterocycles. The van der Waals surface area contributed by atoms with Gasteiger partial charge in [0.25, 0.3) is 0 Å². The van der Waals surface area contributed by atoms with E-state index in [0.717, 1.165) is 6.26 Å². The fourth-order valence-electron chi connectivity index (χ4n) is 1.20. The number of sulfone groups is 1. The highest BCUT2D eigenvalue weighted by molar-refractivity contribution is 7.90. The Kier molecular flexibility index (Phi) is 4.55. The highest BCUT2D eigenvalue weighted by Gasteiger charge is 2.12. The lowest BCUT2D eigenvalue weighted by Crippen LogP contribution is -2.10. The van der Waals surface area contributed by atoms with E-state index in [1.54, 1.807) is 0 Å². The first-order chi connectivity index (χ1) is 8.37. The Hall–Kier alpha value is -1.76. The number of carbonyl (C=O) groups excluding carboxylic acids is 1. The molecule has 0 aliphatic heterocycles. The average molecular weight is 274 g/mol. The lowest BCUT2D eigenvalue weighted by Gasteiger charge is -2.10. The normalized spacial score (nSPS) is 10.8. The zero-order chi connectivity index (χ0) is 13.8. The van der Waals surface area contributed by atoms with Crippen LogP contribution in [-0.2, 0) is 14.6 Å². The van der Waals surface area contributed by atoms with Crippen LogP contribution < -0.4 is 9.47 Å². The molecule has 0 amide bonds. The first-order valence-corrected chi connectivity index (χ1v) is 7.00. The summed E-state index contributed by atoms with van der Waals surface area (Å²) in [5.41, 5.74) is 0.293. The average Bonchev–Trinajstić information content (AvgIpc) is 2.34. The molecule has 1 aromatic carbocycles. The Balaban J connectivity index is 2.97. The molecule has 0 spiro atoms. The Morgan fingerprint density at radius 3 is 2.39 bits per heavy atom. The maximum atomic E-state index is 11.3. The molecule has 6 nitrogen and oxygen atoms in total. The number of carbonyl (C=O) groups is 1. The van der Waals surface area contributed by atoms with Gasteiger partial charge in [-0.25, -0.2) is 13.2 Å². The predicted molar refractivity (Wildman–Crippen MR) is 64.7 cm³/mol. The molecule has 18 heavy (non-hydrogen) atoms. The number of methoxy groups -OCH3 is 2. The van der Waals surface area contributed by atoms with Gasteiger partial charge in [-0.3, -0.25) is 0 Å². The summed E-state index contributed by atoms with van der Waals surface area (Å²) in [7, 11) is -0.589. The monoisotopic (exact) mass is 274 g/mol. The van der Waals surface area contributed by atoms with Gasteiger partial charge in [0.05, 0.1) is 19.8 Å². The number of esters is 1. The van der Waals surface area contributed by atoms with Crippen LogP contribution in [0.15, 0.2) is 18.2 Å². The van der Waals surface area contributed by atoms with E-state index in [4.69, 9.17) is 9.47 Å². The number of ether oxygens (including phenoxy) is 3. The first-order valence-electron chi connectivity index (χ1n) is 4.94. The Labute approximate surface area is 105 Å².